The summed E-state index contributed by atoms with van der Waals surface area (Å²) in [4.78, 5) is 12.4. The summed E-state index contributed by atoms with van der Waals surface area (Å²) in [5.41, 5.74) is 1.18. The molecule has 4 rings (SSSR count). The molecule has 1 saturated carbocycles. The largest absolute Gasteiger partial charge is 0.338 e. The van der Waals surface area contributed by atoms with Gasteiger partial charge in [0.05, 0.1) is 6.04 Å². The van der Waals surface area contributed by atoms with Gasteiger partial charge in [-0.1, -0.05) is 37.3 Å². The highest BCUT2D eigenvalue weighted by Crippen LogP contribution is 2.46. The monoisotopic (exact) mass is 339 g/mol. The van der Waals surface area contributed by atoms with Crippen molar-refractivity contribution in [2.45, 2.75) is 45.2 Å². The van der Waals surface area contributed by atoms with Crippen LogP contribution in [0.4, 0.5) is 4.79 Å². The van der Waals surface area contributed by atoms with Crippen LogP contribution in [-0.4, -0.2) is 27.3 Å². The van der Waals surface area contributed by atoms with E-state index in [0.717, 1.165) is 37.5 Å². The van der Waals surface area contributed by atoms with Crippen LogP contribution >= 0.6 is 0 Å². The number of aromatic nitrogens is 3. The number of hydrogen-bond donors (Lipinski definition) is 2. The molecule has 1 aromatic heterocycles. The Balaban J connectivity index is 1.31. The minimum atomic E-state index is -0.103. The second-order valence-corrected chi connectivity index (χ2v) is 7.20. The molecule has 1 fully saturated rings. The molecule has 2 amide bonds. The van der Waals surface area contributed by atoms with Crippen molar-refractivity contribution in [1.29, 1.82) is 0 Å². The Labute approximate surface area is 148 Å². The lowest BCUT2D eigenvalue weighted by atomic mass is 10.0. The van der Waals surface area contributed by atoms with Crippen LogP contribution in [0.5, 0.6) is 0 Å². The maximum Gasteiger partial charge on any atom is 0.315 e. The second kappa shape index (κ2) is 6.86. The van der Waals surface area contributed by atoms with Gasteiger partial charge >= 0.3 is 6.03 Å². The van der Waals surface area contributed by atoms with Gasteiger partial charge in [0, 0.05) is 25.9 Å². The maximum absolute atomic E-state index is 12.4. The second-order valence-electron chi connectivity index (χ2n) is 7.20. The molecule has 3 atom stereocenters. The van der Waals surface area contributed by atoms with Crippen molar-refractivity contribution in [2.75, 3.05) is 6.54 Å². The zero-order valence-corrected chi connectivity index (χ0v) is 14.6. The van der Waals surface area contributed by atoms with Gasteiger partial charge in [0.1, 0.15) is 11.6 Å². The summed E-state index contributed by atoms with van der Waals surface area (Å²) in [7, 11) is 0. The van der Waals surface area contributed by atoms with Crippen molar-refractivity contribution in [3.05, 3.63) is 47.5 Å². The summed E-state index contributed by atoms with van der Waals surface area (Å²) in [6, 6.07) is 10.2. The van der Waals surface area contributed by atoms with E-state index in [4.69, 9.17) is 0 Å². The van der Waals surface area contributed by atoms with Crippen LogP contribution < -0.4 is 10.6 Å². The van der Waals surface area contributed by atoms with Crippen molar-refractivity contribution in [3.8, 4) is 0 Å². The van der Waals surface area contributed by atoms with Gasteiger partial charge in [-0.3, -0.25) is 0 Å². The average Bonchev–Trinajstić information content (AvgIpc) is 3.01. The average molecular weight is 339 g/mol. The van der Waals surface area contributed by atoms with Crippen molar-refractivity contribution in [3.63, 3.8) is 0 Å². The van der Waals surface area contributed by atoms with E-state index in [2.05, 4.69) is 44.5 Å². The van der Waals surface area contributed by atoms with E-state index < -0.39 is 0 Å². The van der Waals surface area contributed by atoms with Crippen molar-refractivity contribution in [2.24, 2.45) is 11.8 Å². The first-order valence-corrected chi connectivity index (χ1v) is 9.22. The molecule has 2 aliphatic rings. The Hall–Kier alpha value is -2.37. The first kappa shape index (κ1) is 16.1. The van der Waals surface area contributed by atoms with Crippen LogP contribution in [0.15, 0.2) is 30.3 Å². The predicted molar refractivity (Wildman–Crippen MR) is 95.0 cm³/mol. The number of urea groups is 1. The highest BCUT2D eigenvalue weighted by Gasteiger charge is 2.40. The fourth-order valence-electron chi connectivity index (χ4n) is 3.79. The Kier molecular flexibility index (Phi) is 4.42. The van der Waals surface area contributed by atoms with Gasteiger partial charge in [0.15, 0.2) is 0 Å². The highest BCUT2D eigenvalue weighted by molar-refractivity contribution is 5.74. The minimum Gasteiger partial charge on any atom is -0.338 e. The van der Waals surface area contributed by atoms with E-state index in [-0.39, 0.29) is 12.1 Å². The number of fused-ring (bicyclic) bond motifs is 1. The summed E-state index contributed by atoms with van der Waals surface area (Å²) in [5.74, 6) is 3.26. The molecule has 2 N–H and O–H groups in total. The minimum absolute atomic E-state index is 0.0912. The SMILES string of the molecule is CC1CC1C(NC(=O)NCCc1nnc2n1CCC2)c1ccccc1. The fourth-order valence-corrected chi connectivity index (χ4v) is 3.79. The lowest BCUT2D eigenvalue weighted by molar-refractivity contribution is 0.235. The van der Waals surface area contributed by atoms with Gasteiger partial charge < -0.3 is 15.2 Å². The number of hydrogen-bond acceptors (Lipinski definition) is 3. The van der Waals surface area contributed by atoms with E-state index >= 15 is 0 Å². The smallest absolute Gasteiger partial charge is 0.315 e. The van der Waals surface area contributed by atoms with Gasteiger partial charge in [-0.05, 0) is 30.2 Å². The molecule has 1 aromatic carbocycles. The third kappa shape index (κ3) is 3.52. The summed E-state index contributed by atoms with van der Waals surface area (Å²) >= 11 is 0. The molecule has 25 heavy (non-hydrogen) atoms. The Bertz CT molecular complexity index is 742. The molecule has 0 saturated heterocycles. The molecular formula is C19H25N5O. The van der Waals surface area contributed by atoms with Gasteiger partial charge in [-0.25, -0.2) is 4.79 Å². The van der Waals surface area contributed by atoms with Crippen LogP contribution in [0, 0.1) is 11.8 Å². The number of carbonyl (C=O) groups is 1. The first-order chi connectivity index (χ1) is 12.2. The quantitative estimate of drug-likeness (QED) is 0.849. The van der Waals surface area contributed by atoms with Gasteiger partial charge in [-0.2, -0.15) is 0 Å². The van der Waals surface area contributed by atoms with Crippen LogP contribution in [0.3, 0.4) is 0 Å². The lowest BCUT2D eigenvalue weighted by Crippen LogP contribution is -2.40. The number of carbonyl (C=O) groups excluding carboxylic acids is 1. The molecular weight excluding hydrogens is 314 g/mol. The van der Waals surface area contributed by atoms with Crippen LogP contribution in [0.25, 0.3) is 0 Å². The molecule has 0 radical (unpaired) electrons. The number of rotatable bonds is 6. The Morgan fingerprint density at radius 1 is 1.32 bits per heavy atom. The molecule has 3 unspecified atom stereocenters. The first-order valence-electron chi connectivity index (χ1n) is 9.22. The molecule has 1 aliphatic heterocycles. The maximum atomic E-state index is 12.4. The summed E-state index contributed by atoms with van der Waals surface area (Å²) in [5, 5.41) is 14.6. The third-order valence-electron chi connectivity index (χ3n) is 5.37. The van der Waals surface area contributed by atoms with E-state index in [0.29, 0.717) is 18.4 Å². The Morgan fingerprint density at radius 3 is 2.88 bits per heavy atom. The van der Waals surface area contributed by atoms with Crippen LogP contribution in [0.2, 0.25) is 0 Å². The third-order valence-corrected chi connectivity index (χ3v) is 5.37. The van der Waals surface area contributed by atoms with Crippen molar-refractivity contribution >= 4 is 6.03 Å². The normalized spacial score (nSPS) is 22.3. The standard InChI is InChI=1S/C19H25N5O/c1-13-12-15(13)18(14-6-3-2-4-7-14)21-19(25)20-10-9-17-23-22-16-8-5-11-24(16)17/h2-4,6-7,13,15,18H,5,8-12H2,1H3,(H2,20,21,25). The van der Waals surface area contributed by atoms with Crippen molar-refractivity contribution in [1.82, 2.24) is 25.4 Å². The zero-order valence-electron chi connectivity index (χ0n) is 14.6. The zero-order chi connectivity index (χ0) is 17.2. The summed E-state index contributed by atoms with van der Waals surface area (Å²) < 4.78 is 2.18. The van der Waals surface area contributed by atoms with E-state index in [1.165, 1.54) is 12.0 Å². The number of nitrogens with one attached hydrogen (secondary N) is 2. The molecule has 132 valence electrons. The van der Waals surface area contributed by atoms with E-state index in [1.807, 2.05) is 18.2 Å². The van der Waals surface area contributed by atoms with Crippen LogP contribution in [0.1, 0.15) is 43.0 Å². The van der Waals surface area contributed by atoms with E-state index in [1.54, 1.807) is 0 Å². The number of amides is 2. The van der Waals surface area contributed by atoms with Gasteiger partial charge in [0.2, 0.25) is 0 Å². The highest BCUT2D eigenvalue weighted by atomic mass is 16.2. The Morgan fingerprint density at radius 2 is 2.12 bits per heavy atom. The molecule has 6 heteroatoms. The summed E-state index contributed by atoms with van der Waals surface area (Å²) in [6.07, 6.45) is 4.05. The van der Waals surface area contributed by atoms with Crippen molar-refractivity contribution < 1.29 is 4.79 Å². The van der Waals surface area contributed by atoms with E-state index in [9.17, 15) is 4.79 Å². The summed E-state index contributed by atoms with van der Waals surface area (Å²) in [6.45, 7) is 3.82. The molecule has 0 spiro atoms. The van der Waals surface area contributed by atoms with Crippen LogP contribution in [-0.2, 0) is 19.4 Å². The molecule has 0 bridgehead atoms. The topological polar surface area (TPSA) is 71.8 Å². The fraction of sp³-hybridized carbons (Fsp3) is 0.526. The number of nitrogens with zero attached hydrogens (tertiary/aromatic N) is 3. The van der Waals surface area contributed by atoms with Gasteiger partial charge in [-0.15, -0.1) is 10.2 Å². The molecule has 6 nitrogen and oxygen atoms in total. The number of aryl methyl sites for hydroxylation is 1. The van der Waals surface area contributed by atoms with Gasteiger partial charge in [0.25, 0.3) is 0 Å². The molecule has 1 aliphatic carbocycles. The predicted octanol–water partition coefficient (Wildman–Crippen LogP) is 2.46. The lowest BCUT2D eigenvalue weighted by Gasteiger charge is -2.19. The molecule has 2 aromatic rings. The number of benzene rings is 1. The molecule has 2 heterocycles.